The van der Waals surface area contributed by atoms with Crippen LogP contribution in [0.15, 0.2) is 60.9 Å². The van der Waals surface area contributed by atoms with Crippen molar-refractivity contribution in [3.63, 3.8) is 0 Å². The highest BCUT2D eigenvalue weighted by molar-refractivity contribution is 7.15. The minimum absolute atomic E-state index is 0.0763. The maximum Gasteiger partial charge on any atom is 0.225 e. The molecule has 4 aromatic rings. The lowest BCUT2D eigenvalue weighted by atomic mass is 9.97. The molecule has 1 amide bonds. The lowest BCUT2D eigenvalue weighted by molar-refractivity contribution is -0.125. The van der Waals surface area contributed by atoms with Crippen molar-refractivity contribution >= 4 is 23.1 Å². The van der Waals surface area contributed by atoms with Crippen LogP contribution in [0.2, 0.25) is 0 Å². The van der Waals surface area contributed by atoms with E-state index in [0.717, 1.165) is 57.6 Å². The average Bonchev–Trinajstić information content (AvgIpc) is 3.28. The largest absolute Gasteiger partial charge is 0.354 e. The van der Waals surface area contributed by atoms with Crippen LogP contribution >= 0.6 is 11.3 Å². The van der Waals surface area contributed by atoms with E-state index in [-0.39, 0.29) is 11.8 Å². The second-order valence-corrected chi connectivity index (χ2v) is 9.95. The lowest BCUT2D eigenvalue weighted by Crippen LogP contribution is -2.43. The highest BCUT2D eigenvalue weighted by Gasteiger charge is 2.27. The summed E-state index contributed by atoms with van der Waals surface area (Å²) in [5.41, 5.74) is 5.07. The van der Waals surface area contributed by atoms with Gasteiger partial charge in [-0.25, -0.2) is 4.98 Å². The van der Waals surface area contributed by atoms with Crippen molar-refractivity contribution in [3.8, 4) is 21.8 Å². The van der Waals surface area contributed by atoms with Gasteiger partial charge in [0.1, 0.15) is 5.01 Å². The van der Waals surface area contributed by atoms with E-state index in [0.29, 0.717) is 13.1 Å². The molecule has 178 valence electrons. The summed E-state index contributed by atoms with van der Waals surface area (Å²) < 4.78 is 0. The number of nitrogens with zero attached hydrogens (tertiary/aromatic N) is 5. The smallest absolute Gasteiger partial charge is 0.225 e. The zero-order valence-electron chi connectivity index (χ0n) is 19.9. The summed E-state index contributed by atoms with van der Waals surface area (Å²) in [6, 6.07) is 16.1. The van der Waals surface area contributed by atoms with Crippen LogP contribution in [0.5, 0.6) is 0 Å². The third kappa shape index (κ3) is 5.22. The first-order valence-electron chi connectivity index (χ1n) is 11.9. The molecule has 5 rings (SSSR count). The first kappa shape index (κ1) is 23.1. The lowest BCUT2D eigenvalue weighted by Gasteiger charge is -2.32. The molecule has 0 saturated carbocycles. The van der Waals surface area contributed by atoms with Gasteiger partial charge in [-0.05, 0) is 56.5 Å². The maximum absolute atomic E-state index is 13.0. The Labute approximate surface area is 209 Å². The molecule has 3 aromatic heterocycles. The Hall–Kier alpha value is -3.65. The highest BCUT2D eigenvalue weighted by Crippen LogP contribution is 2.28. The van der Waals surface area contributed by atoms with Crippen LogP contribution in [-0.2, 0) is 11.3 Å². The number of benzene rings is 1. The predicted octanol–water partition coefficient (Wildman–Crippen LogP) is 4.81. The van der Waals surface area contributed by atoms with E-state index in [9.17, 15) is 4.79 Å². The molecule has 8 heteroatoms. The zero-order chi connectivity index (χ0) is 24.2. The normalized spacial score (nSPS) is 15.7. The molecule has 0 aliphatic carbocycles. The molecule has 0 spiro atoms. The number of pyridine rings is 1. The van der Waals surface area contributed by atoms with Gasteiger partial charge in [0.2, 0.25) is 5.91 Å². The van der Waals surface area contributed by atoms with Crippen LogP contribution < -0.4 is 10.2 Å². The number of amides is 1. The van der Waals surface area contributed by atoms with Crippen molar-refractivity contribution < 1.29 is 4.79 Å². The Kier molecular flexibility index (Phi) is 6.81. The minimum atomic E-state index is -0.0763. The number of thiazole rings is 1. The summed E-state index contributed by atoms with van der Waals surface area (Å²) in [4.78, 5) is 25.1. The van der Waals surface area contributed by atoms with Crippen LogP contribution in [0.25, 0.3) is 21.8 Å². The number of nitrogens with one attached hydrogen (secondary N) is 1. The van der Waals surface area contributed by atoms with Crippen LogP contribution in [0, 0.1) is 19.8 Å². The molecule has 4 heterocycles. The third-order valence-corrected chi connectivity index (χ3v) is 7.62. The van der Waals surface area contributed by atoms with Gasteiger partial charge in [-0.2, -0.15) is 0 Å². The van der Waals surface area contributed by atoms with Gasteiger partial charge >= 0.3 is 0 Å². The molecule has 0 bridgehead atoms. The van der Waals surface area contributed by atoms with Gasteiger partial charge in [0.05, 0.1) is 23.9 Å². The van der Waals surface area contributed by atoms with Crippen molar-refractivity contribution in [2.24, 2.45) is 5.92 Å². The predicted molar refractivity (Wildman–Crippen MR) is 139 cm³/mol. The first-order valence-corrected chi connectivity index (χ1v) is 12.7. The van der Waals surface area contributed by atoms with Crippen molar-refractivity contribution in [2.45, 2.75) is 33.2 Å². The molecule has 35 heavy (non-hydrogen) atoms. The van der Waals surface area contributed by atoms with Crippen molar-refractivity contribution in [1.29, 1.82) is 0 Å². The SMILES string of the molecule is Cc1ccccc1-c1ccc(N2CCCC(C(=O)NCc3sc(-c4cccnc4)nc3C)C2)nn1. The molecule has 1 aliphatic heterocycles. The molecule has 1 N–H and O–H groups in total. The number of carbonyl (C=O) groups is 1. The summed E-state index contributed by atoms with van der Waals surface area (Å²) in [7, 11) is 0. The fourth-order valence-corrected chi connectivity index (χ4v) is 5.41. The number of hydrogen-bond donors (Lipinski definition) is 1. The van der Waals surface area contributed by atoms with Gasteiger partial charge in [0.15, 0.2) is 5.82 Å². The quantitative estimate of drug-likeness (QED) is 0.423. The minimum Gasteiger partial charge on any atom is -0.354 e. The van der Waals surface area contributed by atoms with E-state index in [2.05, 4.69) is 49.4 Å². The van der Waals surface area contributed by atoms with Gasteiger partial charge in [-0.1, -0.05) is 24.3 Å². The second-order valence-electron chi connectivity index (χ2n) is 8.86. The Balaban J connectivity index is 1.21. The van der Waals surface area contributed by atoms with Crippen molar-refractivity contribution in [2.75, 3.05) is 18.0 Å². The van der Waals surface area contributed by atoms with E-state index in [1.54, 1.807) is 17.5 Å². The van der Waals surface area contributed by atoms with Crippen LogP contribution in [0.1, 0.15) is 29.0 Å². The Morgan fingerprint density at radius 3 is 2.77 bits per heavy atom. The van der Waals surface area contributed by atoms with E-state index in [4.69, 9.17) is 0 Å². The molecule has 0 radical (unpaired) electrons. The molecular weight excluding hydrogens is 456 g/mol. The number of piperidine rings is 1. The van der Waals surface area contributed by atoms with E-state index in [1.165, 1.54) is 5.56 Å². The standard InChI is InChI=1S/C27H28N6OS/c1-18-7-3-4-10-22(18)23-11-12-25(32-31-23)33-14-6-9-21(17-33)26(34)29-16-24-19(2)30-27(35-24)20-8-5-13-28-15-20/h3-5,7-8,10-13,15,21H,6,9,14,16-17H2,1-2H3,(H,29,34). The molecule has 1 aromatic carbocycles. The van der Waals surface area contributed by atoms with Crippen LogP contribution in [-0.4, -0.2) is 39.2 Å². The summed E-state index contributed by atoms with van der Waals surface area (Å²) in [6.45, 7) is 6.08. The number of aromatic nitrogens is 4. The molecule has 1 fully saturated rings. The fraction of sp³-hybridized carbons (Fsp3) is 0.296. The van der Waals surface area contributed by atoms with Gasteiger partial charge in [-0.3, -0.25) is 9.78 Å². The van der Waals surface area contributed by atoms with E-state index in [1.807, 2.05) is 49.5 Å². The maximum atomic E-state index is 13.0. The zero-order valence-corrected chi connectivity index (χ0v) is 20.8. The Morgan fingerprint density at radius 1 is 1.11 bits per heavy atom. The van der Waals surface area contributed by atoms with E-state index < -0.39 is 0 Å². The topological polar surface area (TPSA) is 83.9 Å². The molecule has 1 aliphatic rings. The number of carbonyl (C=O) groups excluding carboxylic acids is 1. The van der Waals surface area contributed by atoms with Gasteiger partial charge < -0.3 is 10.2 Å². The number of anilines is 1. The van der Waals surface area contributed by atoms with Crippen LogP contribution in [0.3, 0.4) is 0 Å². The van der Waals surface area contributed by atoms with Gasteiger partial charge in [-0.15, -0.1) is 21.5 Å². The van der Waals surface area contributed by atoms with E-state index >= 15 is 0 Å². The van der Waals surface area contributed by atoms with Crippen LogP contribution in [0.4, 0.5) is 5.82 Å². The van der Waals surface area contributed by atoms with Gasteiger partial charge in [0.25, 0.3) is 0 Å². The Bertz CT molecular complexity index is 1310. The summed E-state index contributed by atoms with van der Waals surface area (Å²) >= 11 is 1.60. The average molecular weight is 485 g/mol. The molecule has 7 nitrogen and oxygen atoms in total. The summed E-state index contributed by atoms with van der Waals surface area (Å²) in [5, 5.41) is 13.0. The molecule has 1 unspecified atom stereocenters. The first-order chi connectivity index (χ1) is 17.1. The van der Waals surface area contributed by atoms with Crippen molar-refractivity contribution in [3.05, 3.63) is 77.1 Å². The monoisotopic (exact) mass is 484 g/mol. The molecule has 1 atom stereocenters. The third-order valence-electron chi connectivity index (χ3n) is 6.41. The highest BCUT2D eigenvalue weighted by atomic mass is 32.1. The molecule has 1 saturated heterocycles. The molecular formula is C27H28N6OS. The second kappa shape index (κ2) is 10.3. The van der Waals surface area contributed by atoms with Gasteiger partial charge in [0, 0.05) is 41.5 Å². The van der Waals surface area contributed by atoms with Crippen molar-refractivity contribution in [1.82, 2.24) is 25.5 Å². The summed E-state index contributed by atoms with van der Waals surface area (Å²) in [6.07, 6.45) is 5.39. The summed E-state index contributed by atoms with van der Waals surface area (Å²) in [5.74, 6) is 0.821. The number of hydrogen-bond acceptors (Lipinski definition) is 7. The number of aryl methyl sites for hydroxylation is 2. The number of rotatable bonds is 6. The Morgan fingerprint density at radius 2 is 2.00 bits per heavy atom. The fourth-order valence-electron chi connectivity index (χ4n) is 4.41.